The Morgan fingerprint density at radius 2 is 0.513 bits per heavy atom. The Morgan fingerprint density at radius 1 is 0.278 bits per heavy atom. The molecule has 20 bridgehead atoms. The predicted octanol–water partition coefficient (Wildman–Crippen LogP) is 18.2. The minimum atomic E-state index is -0.462. The number of aromatic hydroxyl groups is 10. The first-order valence-corrected chi connectivity index (χ1v) is 38.6. The lowest BCUT2D eigenvalue weighted by Crippen LogP contribution is -2.23. The third kappa shape index (κ3) is 16.6. The van der Waals surface area contributed by atoms with Crippen molar-refractivity contribution in [3.63, 3.8) is 0 Å². The number of carbonyl (C=O) groups excluding carboxylic acids is 1. The lowest BCUT2D eigenvalue weighted by molar-refractivity contribution is 0.0950. The van der Waals surface area contributed by atoms with Crippen molar-refractivity contribution in [2.45, 2.75) is 133 Å². The number of rotatable bonds is 4. The highest BCUT2D eigenvalue weighted by Crippen LogP contribution is 2.43. The van der Waals surface area contributed by atoms with Crippen LogP contribution < -0.4 is 5.32 Å². The first-order chi connectivity index (χ1) is 55.0. The average Bonchev–Trinajstić information content (AvgIpc) is 0.784. The van der Waals surface area contributed by atoms with Crippen molar-refractivity contribution in [3.05, 3.63) is 371 Å². The van der Waals surface area contributed by atoms with Crippen molar-refractivity contribution in [2.24, 2.45) is 0 Å². The molecule has 0 saturated heterocycles. The summed E-state index contributed by atoms with van der Waals surface area (Å²) in [5.74, 6) is 13.3. The summed E-state index contributed by atoms with van der Waals surface area (Å²) >= 11 is 0. The summed E-state index contributed by atoms with van der Waals surface area (Å²) in [5, 5.41) is 126. The standard InChI is InChI=1S/C101H89N3O11/c1-54-14-16-102-91(34-54)92-38-65(15-17-103-92)53-104-101(115)86-36-63(10-12-89-66-39-70-18-55(2)22-74(93(70)107)43-78-26-59(6)30-82(97(78)111)47-83-31-60(7)27-79(98(83)112)44-75-23-56(3)19-71(94(75)108)40-67(89)50-87(105)49-66)35-64(37-86)11-13-90-68-41-72-20-57(4)24-76(95(72)109)45-80-28-61(8)32-84(99(80)113)48-85-33-62(9)29-81(100(85)114)46-77-25-58(5)21-73(96(77)110)42-69(90)52-88(106)51-68/h14-38,49-52,105-114H,39-48,53H2,1-9H3,(H,104,115). The number of aryl methyl sites for hydroxylation is 9. The molecule has 0 fully saturated rings. The molecule has 2 aliphatic rings. The van der Waals surface area contributed by atoms with Crippen molar-refractivity contribution in [3.8, 4) is 92.6 Å². The fraction of sp³-hybridized carbons (Fsp3) is 0.198. The van der Waals surface area contributed by atoms with E-state index in [1.54, 1.807) is 54.9 Å². The van der Waals surface area contributed by atoms with Crippen LogP contribution in [-0.4, -0.2) is 66.9 Å². The molecule has 14 nitrogen and oxygen atoms in total. The summed E-state index contributed by atoms with van der Waals surface area (Å²) < 4.78 is 0. The second-order valence-corrected chi connectivity index (χ2v) is 31.7. The van der Waals surface area contributed by atoms with Crippen LogP contribution in [0.3, 0.4) is 0 Å². The summed E-state index contributed by atoms with van der Waals surface area (Å²) in [6.07, 6.45) is 4.76. The molecule has 115 heavy (non-hydrogen) atoms. The van der Waals surface area contributed by atoms with Crippen molar-refractivity contribution >= 4 is 5.91 Å². The summed E-state index contributed by atoms with van der Waals surface area (Å²) in [7, 11) is 0. The number of nitrogens with zero attached hydrogens (tertiary/aromatic N) is 2. The Morgan fingerprint density at radius 3 is 0.765 bits per heavy atom. The van der Waals surface area contributed by atoms with Gasteiger partial charge in [-0.15, -0.1) is 0 Å². The largest absolute Gasteiger partial charge is 0.508 e. The van der Waals surface area contributed by atoms with E-state index in [1.165, 1.54) is 0 Å². The molecule has 0 aliphatic heterocycles. The van der Waals surface area contributed by atoms with E-state index in [0.29, 0.717) is 145 Å². The van der Waals surface area contributed by atoms with E-state index < -0.39 is 5.91 Å². The highest BCUT2D eigenvalue weighted by molar-refractivity contribution is 5.95. The van der Waals surface area contributed by atoms with Crippen LogP contribution in [0.5, 0.6) is 57.5 Å². The van der Waals surface area contributed by atoms with Crippen LogP contribution in [0.25, 0.3) is 11.4 Å². The van der Waals surface area contributed by atoms with Gasteiger partial charge in [0, 0.05) is 111 Å². The highest BCUT2D eigenvalue weighted by atomic mass is 16.3. The van der Waals surface area contributed by atoms with Gasteiger partial charge in [-0.2, -0.15) is 0 Å². The van der Waals surface area contributed by atoms with Crippen LogP contribution in [-0.2, 0) is 70.8 Å². The molecular weight excluding hydrogens is 1430 g/mol. The normalized spacial score (nSPS) is 12.5. The van der Waals surface area contributed by atoms with E-state index in [9.17, 15) is 51.1 Å². The fourth-order valence-electron chi connectivity index (χ4n) is 16.9. The number of fused-ring (bicyclic) bond motifs is 20. The van der Waals surface area contributed by atoms with E-state index >= 15 is 4.79 Å². The summed E-state index contributed by atoms with van der Waals surface area (Å²) in [4.78, 5) is 24.3. The molecule has 2 aliphatic carbocycles. The smallest absolute Gasteiger partial charge is 0.251 e. The molecule has 14 heteroatoms. The minimum Gasteiger partial charge on any atom is -0.508 e. The molecule has 13 aromatic rings. The van der Waals surface area contributed by atoms with Crippen LogP contribution in [0.2, 0.25) is 0 Å². The predicted molar refractivity (Wildman–Crippen MR) is 449 cm³/mol. The van der Waals surface area contributed by atoms with Crippen molar-refractivity contribution in [1.82, 2.24) is 15.3 Å². The molecule has 11 aromatic carbocycles. The molecule has 15 rings (SSSR count). The molecule has 2 aromatic heterocycles. The zero-order chi connectivity index (χ0) is 80.9. The number of carbonyl (C=O) groups is 1. The number of hydrogen-bond acceptors (Lipinski definition) is 13. The van der Waals surface area contributed by atoms with E-state index in [1.807, 2.05) is 184 Å². The fourth-order valence-corrected chi connectivity index (χ4v) is 16.9. The van der Waals surface area contributed by atoms with Gasteiger partial charge in [0.2, 0.25) is 0 Å². The monoisotopic (exact) mass is 1520 g/mol. The Labute approximate surface area is 669 Å². The van der Waals surface area contributed by atoms with Gasteiger partial charge in [0.25, 0.3) is 5.91 Å². The highest BCUT2D eigenvalue weighted by Gasteiger charge is 2.26. The molecular formula is C101H89N3O11. The van der Waals surface area contributed by atoms with Crippen LogP contribution >= 0.6 is 0 Å². The van der Waals surface area contributed by atoms with Gasteiger partial charge in [0.1, 0.15) is 57.5 Å². The molecule has 11 N–H and O–H groups in total. The third-order valence-electron chi connectivity index (χ3n) is 22.0. The molecule has 0 saturated carbocycles. The number of hydrogen-bond donors (Lipinski definition) is 11. The lowest BCUT2D eigenvalue weighted by Gasteiger charge is -2.19. The second-order valence-electron chi connectivity index (χ2n) is 31.7. The molecule has 0 radical (unpaired) electrons. The maximum absolute atomic E-state index is 15.1. The minimum absolute atomic E-state index is 0.0128. The zero-order valence-electron chi connectivity index (χ0n) is 65.8. The first-order valence-electron chi connectivity index (χ1n) is 38.6. The summed E-state index contributed by atoms with van der Waals surface area (Å²) in [6.45, 7) is 17.6. The van der Waals surface area contributed by atoms with E-state index in [-0.39, 0.29) is 134 Å². The van der Waals surface area contributed by atoms with Crippen LogP contribution in [0.1, 0.15) is 200 Å². The Kier molecular flexibility index (Phi) is 21.0. The van der Waals surface area contributed by atoms with Gasteiger partial charge in [-0.1, -0.05) is 165 Å². The number of nitrogens with one attached hydrogen (secondary N) is 1. The number of phenolic OH excluding ortho intramolecular Hbond substituents is 10. The van der Waals surface area contributed by atoms with E-state index in [4.69, 9.17) is 0 Å². The van der Waals surface area contributed by atoms with Crippen molar-refractivity contribution in [1.29, 1.82) is 0 Å². The van der Waals surface area contributed by atoms with E-state index in [0.717, 1.165) is 55.6 Å². The lowest BCUT2D eigenvalue weighted by atomic mass is 9.87. The number of benzene rings is 11. The summed E-state index contributed by atoms with van der Waals surface area (Å²) in [6, 6.07) is 49.5. The number of pyridine rings is 2. The average molecular weight is 1520 g/mol. The van der Waals surface area contributed by atoms with Gasteiger partial charge in [-0.3, -0.25) is 14.8 Å². The van der Waals surface area contributed by atoms with Crippen LogP contribution in [0, 0.1) is 86.0 Å². The Hall–Kier alpha value is -13.7. The topological polar surface area (TPSA) is 257 Å². The molecule has 0 spiro atoms. The van der Waals surface area contributed by atoms with Gasteiger partial charge in [0.15, 0.2) is 0 Å². The van der Waals surface area contributed by atoms with E-state index in [2.05, 4.69) is 39.0 Å². The second kappa shape index (κ2) is 31.5. The van der Waals surface area contributed by atoms with Gasteiger partial charge in [0.05, 0.1) is 11.4 Å². The molecule has 0 unspecified atom stereocenters. The Bertz CT molecular complexity index is 5740. The molecule has 0 atom stereocenters. The van der Waals surface area contributed by atoms with Gasteiger partial charge in [-0.25, -0.2) is 0 Å². The summed E-state index contributed by atoms with van der Waals surface area (Å²) in [5.41, 5.74) is 22.9. The van der Waals surface area contributed by atoms with Gasteiger partial charge in [-0.05, 0) is 251 Å². The zero-order valence-corrected chi connectivity index (χ0v) is 65.8. The quantitative estimate of drug-likeness (QED) is 0.0734. The molecule has 1 amide bonds. The molecule has 574 valence electrons. The Balaban J connectivity index is 0.907. The molecule has 2 heterocycles. The maximum Gasteiger partial charge on any atom is 0.251 e. The van der Waals surface area contributed by atoms with Crippen LogP contribution in [0.15, 0.2) is 176 Å². The maximum atomic E-state index is 15.1. The van der Waals surface area contributed by atoms with Gasteiger partial charge >= 0.3 is 0 Å². The van der Waals surface area contributed by atoms with Crippen molar-refractivity contribution < 1.29 is 55.9 Å². The number of aromatic nitrogens is 2. The van der Waals surface area contributed by atoms with Crippen molar-refractivity contribution in [2.75, 3.05) is 0 Å². The number of phenols is 10. The van der Waals surface area contributed by atoms with Gasteiger partial charge < -0.3 is 56.4 Å². The van der Waals surface area contributed by atoms with Crippen LogP contribution in [0.4, 0.5) is 0 Å². The first kappa shape index (κ1) is 76.7. The SMILES string of the molecule is Cc1ccnc(-c2cc(CNC(=O)c3cc(C#Cc4c5cc(O)cc4Cc4cc(C)cc(c4O)Cc4cc(C)cc(c4O)Cc4cc(C)cc(c4O)Cc4cc(C)cc(c4O)C5)cc(C#Cc4c5cc(O)cc4Cc4cc(C)cc(c4O)Cc4cc(C)cc(c4O)Cc4cc(C)cc(c4O)Cc4cc(C)cc(c4O)C5)c3)ccn2)c1. The number of amides is 1. The third-order valence-corrected chi connectivity index (χ3v) is 22.0.